The van der Waals surface area contributed by atoms with E-state index in [0.717, 1.165) is 65.9 Å². The maximum absolute atomic E-state index is 6.84. The van der Waals surface area contributed by atoms with Crippen molar-refractivity contribution in [2.75, 3.05) is 33.5 Å². The van der Waals surface area contributed by atoms with Crippen LogP contribution in [0, 0.1) is 0 Å². The third-order valence-corrected chi connectivity index (χ3v) is 6.25. The van der Waals surface area contributed by atoms with Crippen molar-refractivity contribution < 1.29 is 4.74 Å². The number of nitrogen functional groups attached to an aromatic ring is 1. The van der Waals surface area contributed by atoms with E-state index in [4.69, 9.17) is 15.5 Å². The molecule has 2 aromatic heterocycles. The molecule has 30 heavy (non-hydrogen) atoms. The smallest absolute Gasteiger partial charge is 0.143 e. The number of anilines is 1. The summed E-state index contributed by atoms with van der Waals surface area (Å²) < 4.78 is 7.85. The minimum atomic E-state index is 0.845. The zero-order valence-electron chi connectivity index (χ0n) is 17.9. The Hall–Kier alpha value is -3.05. The Morgan fingerprint density at radius 1 is 1.13 bits per heavy atom. The van der Waals surface area contributed by atoms with E-state index in [-0.39, 0.29) is 0 Å². The normalized spacial score (nSPS) is 13.1. The second-order valence-electron chi connectivity index (χ2n) is 8.40. The van der Waals surface area contributed by atoms with Crippen molar-refractivity contribution in [2.45, 2.75) is 25.8 Å². The van der Waals surface area contributed by atoms with Crippen LogP contribution in [0.1, 0.15) is 17.5 Å². The van der Waals surface area contributed by atoms with E-state index in [0.29, 0.717) is 0 Å². The summed E-state index contributed by atoms with van der Waals surface area (Å²) in [6.07, 6.45) is 2.98. The quantitative estimate of drug-likeness (QED) is 0.536. The van der Waals surface area contributed by atoms with Gasteiger partial charge in [0.15, 0.2) is 0 Å². The third-order valence-electron chi connectivity index (χ3n) is 6.25. The molecule has 0 bridgehead atoms. The Morgan fingerprint density at radius 2 is 1.97 bits per heavy atom. The van der Waals surface area contributed by atoms with Gasteiger partial charge in [0.05, 0.1) is 23.7 Å². The molecule has 0 aliphatic heterocycles. The number of pyridine rings is 1. The lowest BCUT2D eigenvalue weighted by atomic mass is 9.87. The van der Waals surface area contributed by atoms with Crippen LogP contribution in [-0.4, -0.2) is 42.2 Å². The molecule has 154 valence electrons. The lowest BCUT2D eigenvalue weighted by molar-refractivity contribution is 0.389. The highest BCUT2D eigenvalue weighted by molar-refractivity contribution is 6.14. The number of benzene rings is 2. The van der Waals surface area contributed by atoms with Gasteiger partial charge in [-0.1, -0.05) is 24.3 Å². The number of ether oxygens (including phenoxy) is 1. The van der Waals surface area contributed by atoms with E-state index in [1.54, 1.807) is 7.11 Å². The molecule has 2 N–H and O–H groups in total. The third kappa shape index (κ3) is 2.92. The number of rotatable bonds is 5. The van der Waals surface area contributed by atoms with Crippen molar-refractivity contribution in [1.82, 2.24) is 14.5 Å². The zero-order chi connectivity index (χ0) is 20.8. The second kappa shape index (κ2) is 7.33. The van der Waals surface area contributed by atoms with Crippen LogP contribution in [0.15, 0.2) is 42.5 Å². The fraction of sp³-hybridized carbons (Fsp3) is 0.320. The van der Waals surface area contributed by atoms with Crippen molar-refractivity contribution in [1.29, 1.82) is 0 Å². The van der Waals surface area contributed by atoms with Crippen LogP contribution in [0.25, 0.3) is 33.2 Å². The summed E-state index contributed by atoms with van der Waals surface area (Å²) in [5.74, 6) is 0.845. The Labute approximate surface area is 177 Å². The highest BCUT2D eigenvalue weighted by atomic mass is 16.5. The van der Waals surface area contributed by atoms with Crippen molar-refractivity contribution >= 4 is 27.6 Å². The summed E-state index contributed by atoms with van der Waals surface area (Å²) >= 11 is 0. The molecule has 2 aromatic carbocycles. The van der Waals surface area contributed by atoms with Crippen LogP contribution >= 0.6 is 0 Å². The van der Waals surface area contributed by atoms with Gasteiger partial charge in [-0.2, -0.15) is 0 Å². The van der Waals surface area contributed by atoms with Gasteiger partial charge in [0, 0.05) is 28.7 Å². The van der Waals surface area contributed by atoms with Gasteiger partial charge in [-0.3, -0.25) is 0 Å². The Balaban J connectivity index is 1.79. The monoisotopic (exact) mass is 400 g/mol. The maximum atomic E-state index is 6.84. The summed E-state index contributed by atoms with van der Waals surface area (Å²) in [6, 6.07) is 14.8. The molecule has 1 aliphatic rings. The molecule has 0 radical (unpaired) electrons. The maximum Gasteiger partial charge on any atom is 0.143 e. The highest BCUT2D eigenvalue weighted by Crippen LogP contribution is 2.42. The molecule has 0 atom stereocenters. The first-order valence-electron chi connectivity index (χ1n) is 10.6. The van der Waals surface area contributed by atoms with E-state index in [9.17, 15) is 0 Å². The predicted octanol–water partition coefficient (Wildman–Crippen LogP) is 4.50. The Kier molecular flexibility index (Phi) is 4.63. The van der Waals surface area contributed by atoms with Crippen molar-refractivity contribution in [3.8, 4) is 17.0 Å². The molecule has 1 aliphatic carbocycles. The molecule has 0 fully saturated rings. The molecule has 0 spiro atoms. The first-order valence-corrected chi connectivity index (χ1v) is 10.6. The van der Waals surface area contributed by atoms with Crippen molar-refractivity contribution in [3.05, 3.63) is 53.6 Å². The molecular formula is C25H28N4O. The summed E-state index contributed by atoms with van der Waals surface area (Å²) in [6.45, 7) is 1.93. The lowest BCUT2D eigenvalue weighted by Crippen LogP contribution is -2.15. The summed E-state index contributed by atoms with van der Waals surface area (Å²) in [7, 11) is 5.93. The van der Waals surface area contributed by atoms with E-state index in [1.807, 2.05) is 6.07 Å². The van der Waals surface area contributed by atoms with Gasteiger partial charge < -0.3 is 19.9 Å². The molecule has 0 amide bonds. The van der Waals surface area contributed by atoms with E-state index in [1.165, 1.54) is 22.2 Å². The SMILES string of the molecule is COc1ccc2c(c1)c1c(N)c3c(nc1n2CCCN(C)C)-c1ccccc1CC3. The van der Waals surface area contributed by atoms with Gasteiger partial charge in [-0.25, -0.2) is 4.98 Å². The summed E-state index contributed by atoms with van der Waals surface area (Å²) in [5, 5.41) is 2.19. The first-order chi connectivity index (χ1) is 14.6. The lowest BCUT2D eigenvalue weighted by Gasteiger charge is -2.21. The number of nitrogens with two attached hydrogens (primary N) is 1. The van der Waals surface area contributed by atoms with Gasteiger partial charge in [-0.15, -0.1) is 0 Å². The van der Waals surface area contributed by atoms with Crippen LogP contribution in [0.2, 0.25) is 0 Å². The molecule has 5 heteroatoms. The van der Waals surface area contributed by atoms with E-state index >= 15 is 0 Å². The fourth-order valence-corrected chi connectivity index (χ4v) is 4.76. The number of nitrogens with zero attached hydrogens (tertiary/aromatic N) is 3. The molecular weight excluding hydrogens is 372 g/mol. The Bertz CT molecular complexity index is 1260. The molecule has 0 saturated carbocycles. The van der Waals surface area contributed by atoms with Crippen LogP contribution < -0.4 is 10.5 Å². The number of methoxy groups -OCH3 is 1. The number of aromatic nitrogens is 2. The Morgan fingerprint density at radius 3 is 2.77 bits per heavy atom. The van der Waals surface area contributed by atoms with Crippen molar-refractivity contribution in [2.24, 2.45) is 0 Å². The van der Waals surface area contributed by atoms with Crippen LogP contribution in [0.4, 0.5) is 5.69 Å². The predicted molar refractivity (Wildman–Crippen MR) is 124 cm³/mol. The average Bonchev–Trinajstić information content (AvgIpc) is 3.06. The topological polar surface area (TPSA) is 56.3 Å². The number of aryl methyl sites for hydroxylation is 2. The average molecular weight is 401 g/mol. The van der Waals surface area contributed by atoms with Gasteiger partial charge in [0.2, 0.25) is 0 Å². The minimum Gasteiger partial charge on any atom is -0.497 e. The van der Waals surface area contributed by atoms with Gasteiger partial charge in [0.25, 0.3) is 0 Å². The number of hydrogen-bond donors (Lipinski definition) is 1. The second-order valence-corrected chi connectivity index (χ2v) is 8.40. The molecule has 0 unspecified atom stereocenters. The number of hydrogen-bond acceptors (Lipinski definition) is 4. The number of fused-ring (bicyclic) bond motifs is 6. The molecule has 5 rings (SSSR count). The molecule has 0 saturated heterocycles. The zero-order valence-corrected chi connectivity index (χ0v) is 17.9. The van der Waals surface area contributed by atoms with E-state index < -0.39 is 0 Å². The summed E-state index contributed by atoms with van der Waals surface area (Å²) in [5.41, 5.74) is 14.7. The molecule has 4 aromatic rings. The van der Waals surface area contributed by atoms with Crippen LogP contribution in [0.5, 0.6) is 5.75 Å². The standard InChI is InChI=1S/C25H28N4O/c1-28(2)13-6-14-29-21-12-10-17(30-3)15-20(21)22-23(26)19-11-9-16-7-4-5-8-18(16)24(19)27-25(22)29/h4-5,7-8,10,12,15H,6,9,11,13-14H2,1-3H3,(H2,26,27). The van der Waals surface area contributed by atoms with Gasteiger partial charge in [-0.05, 0) is 63.7 Å². The van der Waals surface area contributed by atoms with Crippen LogP contribution in [-0.2, 0) is 19.4 Å². The largest absolute Gasteiger partial charge is 0.497 e. The fourth-order valence-electron chi connectivity index (χ4n) is 4.76. The van der Waals surface area contributed by atoms with E-state index in [2.05, 4.69) is 60.0 Å². The van der Waals surface area contributed by atoms with Gasteiger partial charge in [0.1, 0.15) is 11.4 Å². The van der Waals surface area contributed by atoms with Gasteiger partial charge >= 0.3 is 0 Å². The molecule has 2 heterocycles. The highest BCUT2D eigenvalue weighted by Gasteiger charge is 2.24. The molecule has 5 nitrogen and oxygen atoms in total. The first kappa shape index (κ1) is 18.9. The van der Waals surface area contributed by atoms with Crippen molar-refractivity contribution in [3.63, 3.8) is 0 Å². The minimum absolute atomic E-state index is 0.845. The summed E-state index contributed by atoms with van der Waals surface area (Å²) in [4.78, 5) is 7.46. The van der Waals surface area contributed by atoms with Crippen LogP contribution in [0.3, 0.4) is 0 Å².